The Hall–Kier alpha value is -1.06. The molecule has 0 heterocycles. The van der Waals surface area contributed by atoms with E-state index in [0.29, 0.717) is 6.42 Å². The molecule has 0 saturated heterocycles. The molecule has 8 aliphatic rings. The second kappa shape index (κ2) is 5.73. The Morgan fingerprint density at radius 1 is 0.630 bits per heavy atom. The molecule has 0 aromatic heterocycles. The van der Waals surface area contributed by atoms with Gasteiger partial charge >= 0.3 is 0 Å². The molecule has 0 spiro atoms. The van der Waals surface area contributed by atoms with Crippen LogP contribution in [0.2, 0.25) is 0 Å². The van der Waals surface area contributed by atoms with Gasteiger partial charge in [-0.3, -0.25) is 20.4 Å². The molecule has 0 radical (unpaired) electrons. The van der Waals surface area contributed by atoms with E-state index >= 15 is 0 Å². The number of hydrazine groups is 1. The third kappa shape index (κ3) is 2.76. The number of rotatable bonds is 3. The van der Waals surface area contributed by atoms with E-state index < -0.39 is 0 Å². The Balaban J connectivity index is 1.08. The number of hydrogen-bond acceptors (Lipinski definition) is 2. The van der Waals surface area contributed by atoms with Gasteiger partial charge in [-0.05, 0) is 118 Å². The minimum absolute atomic E-state index is 0.0510. The maximum Gasteiger partial charge on any atom is 0.244 e. The van der Waals surface area contributed by atoms with Crippen LogP contribution in [0.1, 0.15) is 83.5 Å². The maximum atomic E-state index is 13.0. The zero-order chi connectivity index (χ0) is 18.2. The highest BCUT2D eigenvalue weighted by Crippen LogP contribution is 2.62. The van der Waals surface area contributed by atoms with Gasteiger partial charge in [0.1, 0.15) is 0 Å². The van der Waals surface area contributed by atoms with E-state index in [1.807, 2.05) is 0 Å². The molecule has 27 heavy (non-hydrogen) atoms. The quantitative estimate of drug-likeness (QED) is 0.739. The van der Waals surface area contributed by atoms with Gasteiger partial charge in [-0.15, -0.1) is 0 Å². The maximum absolute atomic E-state index is 13.0. The molecule has 8 fully saturated rings. The fourth-order valence-electron chi connectivity index (χ4n) is 9.54. The molecule has 0 aromatic carbocycles. The number of amides is 2. The summed E-state index contributed by atoms with van der Waals surface area (Å²) < 4.78 is 0. The van der Waals surface area contributed by atoms with Crippen molar-refractivity contribution in [2.75, 3.05) is 0 Å². The van der Waals surface area contributed by atoms with Gasteiger partial charge in [0, 0.05) is 6.42 Å². The molecular weight excluding hydrogens is 336 g/mol. The Labute approximate surface area is 162 Å². The van der Waals surface area contributed by atoms with E-state index in [1.54, 1.807) is 0 Å². The van der Waals surface area contributed by atoms with Crippen LogP contribution < -0.4 is 10.9 Å². The summed E-state index contributed by atoms with van der Waals surface area (Å²) in [6.07, 6.45) is 15.7. The van der Waals surface area contributed by atoms with E-state index in [2.05, 4.69) is 10.9 Å². The summed E-state index contributed by atoms with van der Waals surface area (Å²) in [5.74, 6) is 5.02. The smallest absolute Gasteiger partial charge is 0.244 e. The minimum Gasteiger partial charge on any atom is -0.273 e. The van der Waals surface area contributed by atoms with E-state index in [-0.39, 0.29) is 22.6 Å². The third-order valence-corrected chi connectivity index (χ3v) is 9.54. The topological polar surface area (TPSA) is 58.2 Å². The van der Waals surface area contributed by atoms with Crippen LogP contribution in [0.15, 0.2) is 0 Å². The molecule has 8 aliphatic carbocycles. The first-order chi connectivity index (χ1) is 13.0. The molecule has 0 aromatic rings. The largest absolute Gasteiger partial charge is 0.273 e. The second-order valence-electron chi connectivity index (χ2n) is 11.8. The van der Waals surface area contributed by atoms with Gasteiger partial charge in [-0.25, -0.2) is 0 Å². The first kappa shape index (κ1) is 16.9. The molecule has 4 heteroatoms. The van der Waals surface area contributed by atoms with Crippen LogP contribution in [0.25, 0.3) is 0 Å². The van der Waals surface area contributed by atoms with Gasteiger partial charge in [0.2, 0.25) is 11.8 Å². The van der Waals surface area contributed by atoms with Crippen molar-refractivity contribution < 1.29 is 9.59 Å². The Morgan fingerprint density at radius 3 is 1.48 bits per heavy atom. The summed E-state index contributed by atoms with van der Waals surface area (Å²) >= 11 is 0. The number of hydrogen-bond donors (Lipinski definition) is 2. The van der Waals surface area contributed by atoms with Gasteiger partial charge < -0.3 is 0 Å². The van der Waals surface area contributed by atoms with Crippen molar-refractivity contribution in [3.63, 3.8) is 0 Å². The SMILES string of the molecule is O=C(CC12CC3CC(CC(C3)C1)C2)NNC(=O)C12CC3CC(CC(C3)C1)C2. The lowest BCUT2D eigenvalue weighted by atomic mass is 9.49. The molecule has 2 N–H and O–H groups in total. The van der Waals surface area contributed by atoms with Crippen molar-refractivity contribution in [2.45, 2.75) is 83.5 Å². The summed E-state index contributed by atoms with van der Waals surface area (Å²) in [4.78, 5) is 25.8. The standard InChI is InChI=1S/C23H34N2O2/c26-20(13-22-7-14-1-15(8-22)3-16(2-14)9-22)24-25-21(27)23-10-17-4-18(11-23)6-19(5-17)12-23/h14-19H,1-13H2,(H,24,26)(H,25,27). The summed E-state index contributed by atoms with van der Waals surface area (Å²) in [6.45, 7) is 0. The fourth-order valence-corrected chi connectivity index (χ4v) is 9.54. The molecule has 0 aliphatic heterocycles. The normalized spacial score (nSPS) is 51.4. The van der Waals surface area contributed by atoms with E-state index in [1.165, 1.54) is 57.8 Å². The van der Waals surface area contributed by atoms with Crippen LogP contribution in [-0.4, -0.2) is 11.8 Å². The Kier molecular flexibility index (Phi) is 3.58. The van der Waals surface area contributed by atoms with Crippen LogP contribution in [0.3, 0.4) is 0 Å². The van der Waals surface area contributed by atoms with Crippen LogP contribution in [0.4, 0.5) is 0 Å². The van der Waals surface area contributed by atoms with Gasteiger partial charge in [0.25, 0.3) is 0 Å². The highest BCUT2D eigenvalue weighted by Gasteiger charge is 2.55. The van der Waals surface area contributed by atoms with E-state index in [4.69, 9.17) is 0 Å². The first-order valence-electron chi connectivity index (χ1n) is 11.6. The average Bonchev–Trinajstić information content (AvgIpc) is 2.56. The van der Waals surface area contributed by atoms with Gasteiger partial charge in [-0.1, -0.05) is 0 Å². The lowest BCUT2D eigenvalue weighted by Gasteiger charge is -2.56. The second-order valence-corrected chi connectivity index (χ2v) is 11.8. The minimum atomic E-state index is -0.178. The van der Waals surface area contributed by atoms with Crippen molar-refractivity contribution in [1.29, 1.82) is 0 Å². The summed E-state index contributed by atoms with van der Waals surface area (Å²) in [5.41, 5.74) is 5.79. The summed E-state index contributed by atoms with van der Waals surface area (Å²) in [7, 11) is 0. The van der Waals surface area contributed by atoms with Crippen molar-refractivity contribution in [3.8, 4) is 0 Å². The van der Waals surface area contributed by atoms with Crippen molar-refractivity contribution in [3.05, 3.63) is 0 Å². The monoisotopic (exact) mass is 370 g/mol. The average molecular weight is 371 g/mol. The van der Waals surface area contributed by atoms with Crippen LogP contribution in [-0.2, 0) is 9.59 Å². The summed E-state index contributed by atoms with van der Waals surface area (Å²) in [5, 5.41) is 0. The highest BCUT2D eigenvalue weighted by atomic mass is 16.2. The first-order valence-corrected chi connectivity index (χ1v) is 11.6. The highest BCUT2D eigenvalue weighted by molar-refractivity contribution is 5.86. The zero-order valence-corrected chi connectivity index (χ0v) is 16.5. The van der Waals surface area contributed by atoms with Gasteiger partial charge in [-0.2, -0.15) is 0 Å². The fraction of sp³-hybridized carbons (Fsp3) is 0.913. The molecule has 4 nitrogen and oxygen atoms in total. The Morgan fingerprint density at radius 2 is 1.04 bits per heavy atom. The Bertz CT molecular complexity index is 599. The molecule has 2 amide bonds. The number of carbonyl (C=O) groups is 2. The predicted octanol–water partition coefficient (Wildman–Crippen LogP) is 3.96. The molecule has 0 atom stereocenters. The number of nitrogens with one attached hydrogen (secondary N) is 2. The molecule has 8 bridgehead atoms. The molecule has 8 rings (SSSR count). The van der Waals surface area contributed by atoms with Gasteiger partial charge in [0.15, 0.2) is 0 Å². The number of carbonyl (C=O) groups excluding carboxylic acids is 2. The van der Waals surface area contributed by atoms with Gasteiger partial charge in [0.05, 0.1) is 5.41 Å². The molecule has 0 unspecified atom stereocenters. The van der Waals surface area contributed by atoms with Crippen LogP contribution >= 0.6 is 0 Å². The van der Waals surface area contributed by atoms with Crippen molar-refractivity contribution in [2.24, 2.45) is 46.3 Å². The van der Waals surface area contributed by atoms with Crippen LogP contribution in [0.5, 0.6) is 0 Å². The van der Waals surface area contributed by atoms with Crippen molar-refractivity contribution >= 4 is 11.8 Å². The lowest BCUT2D eigenvalue weighted by Crippen LogP contribution is -2.57. The van der Waals surface area contributed by atoms with E-state index in [0.717, 1.165) is 54.8 Å². The lowest BCUT2D eigenvalue weighted by molar-refractivity contribution is -0.149. The molecular formula is C23H34N2O2. The summed E-state index contributed by atoms with van der Waals surface area (Å²) in [6, 6.07) is 0. The van der Waals surface area contributed by atoms with Crippen LogP contribution in [0, 0.1) is 46.3 Å². The predicted molar refractivity (Wildman–Crippen MR) is 102 cm³/mol. The third-order valence-electron chi connectivity index (χ3n) is 9.54. The molecule has 8 saturated carbocycles. The van der Waals surface area contributed by atoms with E-state index in [9.17, 15) is 9.59 Å². The molecule has 148 valence electrons. The van der Waals surface area contributed by atoms with Crippen molar-refractivity contribution in [1.82, 2.24) is 10.9 Å². The zero-order valence-electron chi connectivity index (χ0n) is 16.5.